The molecule has 1 amide bonds. The van der Waals surface area contributed by atoms with Crippen LogP contribution in [0.2, 0.25) is 0 Å². The van der Waals surface area contributed by atoms with Gasteiger partial charge in [0.05, 0.1) is 6.10 Å². The Morgan fingerprint density at radius 1 is 1.23 bits per heavy atom. The summed E-state index contributed by atoms with van der Waals surface area (Å²) in [5.41, 5.74) is 0.812. The molecule has 0 aliphatic carbocycles. The first-order valence-corrected chi connectivity index (χ1v) is 9.65. The molecule has 0 aromatic heterocycles. The first kappa shape index (κ1) is 19.5. The van der Waals surface area contributed by atoms with Crippen LogP contribution >= 0.6 is 12.4 Å². The van der Waals surface area contributed by atoms with Crippen molar-refractivity contribution in [3.8, 4) is 5.75 Å². The van der Waals surface area contributed by atoms with Crippen molar-refractivity contribution in [1.82, 2.24) is 5.32 Å². The van der Waals surface area contributed by atoms with E-state index in [0.29, 0.717) is 31.0 Å². The molecule has 0 saturated carbocycles. The van der Waals surface area contributed by atoms with Crippen molar-refractivity contribution in [2.75, 3.05) is 18.5 Å². The Bertz CT molecular complexity index is 594. The van der Waals surface area contributed by atoms with Gasteiger partial charge in [-0.1, -0.05) is 6.07 Å². The number of hydrogen-bond donors (Lipinski definition) is 2. The van der Waals surface area contributed by atoms with E-state index in [1.165, 1.54) is 12.8 Å². The van der Waals surface area contributed by atoms with Gasteiger partial charge < -0.3 is 20.1 Å². The van der Waals surface area contributed by atoms with Crippen molar-refractivity contribution < 1.29 is 14.3 Å². The maximum absolute atomic E-state index is 12.4. The predicted molar refractivity (Wildman–Crippen MR) is 104 cm³/mol. The minimum Gasteiger partial charge on any atom is -0.491 e. The van der Waals surface area contributed by atoms with Gasteiger partial charge in [-0.3, -0.25) is 4.79 Å². The lowest BCUT2D eigenvalue weighted by molar-refractivity contribution is -0.117. The Labute approximate surface area is 161 Å². The zero-order valence-electron chi connectivity index (χ0n) is 15.1. The number of anilines is 1. The number of fused-ring (bicyclic) bond motifs is 2. The van der Waals surface area contributed by atoms with Gasteiger partial charge in [0.25, 0.3) is 0 Å². The third-order valence-corrected chi connectivity index (χ3v) is 5.62. The molecule has 6 heteroatoms. The van der Waals surface area contributed by atoms with Gasteiger partial charge in [-0.2, -0.15) is 0 Å². The highest BCUT2D eigenvalue weighted by atomic mass is 35.5. The fraction of sp³-hybridized carbons (Fsp3) is 0.650. The molecule has 1 aromatic rings. The van der Waals surface area contributed by atoms with E-state index in [0.717, 1.165) is 43.7 Å². The number of rotatable bonds is 6. The average molecular weight is 381 g/mol. The molecule has 0 spiro atoms. The molecule has 26 heavy (non-hydrogen) atoms. The fourth-order valence-electron chi connectivity index (χ4n) is 4.44. The first-order chi connectivity index (χ1) is 12.2. The molecule has 0 radical (unpaired) electrons. The maximum Gasteiger partial charge on any atom is 0.224 e. The second-order valence-corrected chi connectivity index (χ2v) is 7.70. The Hall–Kier alpha value is -1.30. The highest BCUT2D eigenvalue weighted by Gasteiger charge is 2.34. The van der Waals surface area contributed by atoms with Crippen molar-refractivity contribution in [3.63, 3.8) is 0 Å². The molecule has 3 unspecified atom stereocenters. The molecule has 4 rings (SSSR count). The summed E-state index contributed by atoms with van der Waals surface area (Å²) in [6, 6.07) is 8.93. The molecule has 3 heterocycles. The summed E-state index contributed by atoms with van der Waals surface area (Å²) in [5, 5.41) is 6.67. The van der Waals surface area contributed by atoms with Gasteiger partial charge in [0.15, 0.2) is 0 Å². The number of amides is 1. The Kier molecular flexibility index (Phi) is 6.79. The summed E-state index contributed by atoms with van der Waals surface area (Å²) in [5.74, 6) is 1.41. The molecule has 2 bridgehead atoms. The number of hydrogen-bond acceptors (Lipinski definition) is 4. The van der Waals surface area contributed by atoms with Gasteiger partial charge in [0.1, 0.15) is 12.4 Å². The molecule has 3 aliphatic heterocycles. The number of piperidine rings is 1. The van der Waals surface area contributed by atoms with E-state index in [1.807, 2.05) is 24.3 Å². The number of ether oxygens (including phenoxy) is 2. The standard InChI is InChI=1S/C20H28N2O3.ClH/c23-20(11-14-9-16-6-7-17(10-14)21-16)22-15-3-1-4-18(12-15)25-13-19-5-2-8-24-19;/h1,3-4,12,14,16-17,19,21H,2,5-11,13H2,(H,22,23);1H. The summed E-state index contributed by atoms with van der Waals surface area (Å²) < 4.78 is 11.4. The smallest absolute Gasteiger partial charge is 0.224 e. The molecule has 3 aliphatic rings. The normalized spacial score (nSPS) is 29.8. The Balaban J connectivity index is 0.00000196. The highest BCUT2D eigenvalue weighted by molar-refractivity contribution is 5.91. The van der Waals surface area contributed by atoms with Gasteiger partial charge in [-0.15, -0.1) is 12.4 Å². The lowest BCUT2D eigenvalue weighted by atomic mass is 9.89. The van der Waals surface area contributed by atoms with Crippen LogP contribution in [0.1, 0.15) is 44.9 Å². The van der Waals surface area contributed by atoms with Gasteiger partial charge in [0, 0.05) is 36.9 Å². The van der Waals surface area contributed by atoms with Gasteiger partial charge >= 0.3 is 0 Å². The average Bonchev–Trinajstić information content (AvgIpc) is 3.23. The molecule has 3 atom stereocenters. The molecule has 2 N–H and O–H groups in total. The molecule has 3 saturated heterocycles. The van der Waals surface area contributed by atoms with E-state index in [4.69, 9.17) is 9.47 Å². The van der Waals surface area contributed by atoms with Crippen molar-refractivity contribution in [2.24, 2.45) is 5.92 Å². The lowest BCUT2D eigenvalue weighted by Crippen LogP contribution is -2.39. The van der Waals surface area contributed by atoms with Crippen molar-refractivity contribution in [3.05, 3.63) is 24.3 Å². The van der Waals surface area contributed by atoms with E-state index in [2.05, 4.69) is 10.6 Å². The van der Waals surface area contributed by atoms with Crippen LogP contribution in [0.25, 0.3) is 0 Å². The van der Waals surface area contributed by atoms with Crippen LogP contribution in [0.15, 0.2) is 24.3 Å². The number of carbonyl (C=O) groups is 1. The second kappa shape index (κ2) is 9.07. The summed E-state index contributed by atoms with van der Waals surface area (Å²) in [4.78, 5) is 12.4. The first-order valence-electron chi connectivity index (χ1n) is 9.65. The van der Waals surface area contributed by atoms with Gasteiger partial charge in [0.2, 0.25) is 5.91 Å². The van der Waals surface area contributed by atoms with Gasteiger partial charge in [-0.05, 0) is 56.6 Å². The second-order valence-electron chi connectivity index (χ2n) is 7.70. The summed E-state index contributed by atoms with van der Waals surface area (Å²) in [7, 11) is 0. The van der Waals surface area contributed by atoms with E-state index in [-0.39, 0.29) is 24.4 Å². The molecule has 5 nitrogen and oxygen atoms in total. The highest BCUT2D eigenvalue weighted by Crippen LogP contribution is 2.33. The minimum atomic E-state index is 0. The molecule has 1 aromatic carbocycles. The van der Waals surface area contributed by atoms with E-state index in [1.54, 1.807) is 0 Å². The lowest BCUT2D eigenvalue weighted by Gasteiger charge is -2.28. The topological polar surface area (TPSA) is 59.6 Å². The van der Waals surface area contributed by atoms with Crippen molar-refractivity contribution in [1.29, 1.82) is 0 Å². The van der Waals surface area contributed by atoms with Crippen LogP contribution < -0.4 is 15.4 Å². The summed E-state index contributed by atoms with van der Waals surface area (Å²) >= 11 is 0. The number of carbonyl (C=O) groups excluding carboxylic acids is 1. The van der Waals surface area contributed by atoms with Crippen LogP contribution in [-0.2, 0) is 9.53 Å². The van der Waals surface area contributed by atoms with Crippen LogP contribution in [0.5, 0.6) is 5.75 Å². The van der Waals surface area contributed by atoms with Gasteiger partial charge in [-0.25, -0.2) is 0 Å². The summed E-state index contributed by atoms with van der Waals surface area (Å²) in [6.07, 6.45) is 7.81. The van der Waals surface area contributed by atoms with Crippen molar-refractivity contribution in [2.45, 2.75) is 63.1 Å². The fourth-order valence-corrected chi connectivity index (χ4v) is 4.44. The SMILES string of the molecule is Cl.O=C(CC1CC2CCC(C1)N2)Nc1cccc(OCC2CCCO2)c1. The largest absolute Gasteiger partial charge is 0.491 e. The van der Waals surface area contributed by atoms with Crippen LogP contribution in [0, 0.1) is 5.92 Å². The molecule has 144 valence electrons. The predicted octanol–water partition coefficient (Wildman–Crippen LogP) is 3.53. The molecular weight excluding hydrogens is 352 g/mol. The van der Waals surface area contributed by atoms with Crippen LogP contribution in [0.4, 0.5) is 5.69 Å². The zero-order chi connectivity index (χ0) is 17.1. The zero-order valence-corrected chi connectivity index (χ0v) is 15.9. The summed E-state index contributed by atoms with van der Waals surface area (Å²) in [6.45, 7) is 1.41. The number of halogens is 1. The third-order valence-electron chi connectivity index (χ3n) is 5.62. The van der Waals surface area contributed by atoms with Crippen molar-refractivity contribution >= 4 is 24.0 Å². The Morgan fingerprint density at radius 3 is 2.77 bits per heavy atom. The number of benzene rings is 1. The quantitative estimate of drug-likeness (QED) is 0.792. The van der Waals surface area contributed by atoms with Crippen LogP contribution in [-0.4, -0.2) is 37.3 Å². The third kappa shape index (κ3) is 5.12. The van der Waals surface area contributed by atoms with E-state index in [9.17, 15) is 4.79 Å². The minimum absolute atomic E-state index is 0. The Morgan fingerprint density at radius 2 is 2.04 bits per heavy atom. The molecule has 3 fully saturated rings. The van der Waals surface area contributed by atoms with E-state index >= 15 is 0 Å². The monoisotopic (exact) mass is 380 g/mol. The van der Waals surface area contributed by atoms with Crippen LogP contribution in [0.3, 0.4) is 0 Å². The number of nitrogens with one attached hydrogen (secondary N) is 2. The molecular formula is C20H29ClN2O3. The van der Waals surface area contributed by atoms with E-state index < -0.39 is 0 Å². The maximum atomic E-state index is 12.4.